The van der Waals surface area contributed by atoms with Crippen molar-refractivity contribution in [3.8, 4) is 0 Å². The Morgan fingerprint density at radius 3 is 2.22 bits per heavy atom. The maximum Gasteiger partial charge on any atom is 0.192 e. The summed E-state index contributed by atoms with van der Waals surface area (Å²) in [5.74, 6) is 0. The molecule has 102 valence electrons. The predicted octanol–water partition coefficient (Wildman–Crippen LogP) is 4.46. The molecule has 0 radical (unpaired) electrons. The molecule has 0 amide bonds. The average molecular weight is 331 g/mol. The van der Waals surface area contributed by atoms with Crippen LogP contribution in [0.3, 0.4) is 0 Å². The highest BCUT2D eigenvalue weighted by Crippen LogP contribution is 2.37. The van der Waals surface area contributed by atoms with Crippen molar-refractivity contribution in [3.05, 3.63) is 33.8 Å². The fourth-order valence-corrected chi connectivity index (χ4v) is 2.92. The molecule has 0 unspecified atom stereocenters. The van der Waals surface area contributed by atoms with E-state index in [9.17, 15) is 5.11 Å². The monoisotopic (exact) mass is 330 g/mol. The average Bonchev–Trinajstić information content (AvgIpc) is 2.24. The van der Waals surface area contributed by atoms with E-state index in [4.69, 9.17) is 4.43 Å². The fraction of sp³-hybridized carbons (Fsp3) is 0.571. The first-order chi connectivity index (χ1) is 8.15. The molecule has 1 aromatic carbocycles. The van der Waals surface area contributed by atoms with Crippen LogP contribution in [0.25, 0.3) is 0 Å². The number of aliphatic hydroxyl groups excluding tert-OH is 1. The lowest BCUT2D eigenvalue weighted by atomic mass is 10.1. The molecular formula is C14H23BrO2Si. The van der Waals surface area contributed by atoms with Crippen molar-refractivity contribution in [2.45, 2.75) is 52.1 Å². The first-order valence-corrected chi connectivity index (χ1v) is 9.89. The molecule has 0 fully saturated rings. The maximum absolute atomic E-state index is 9.19. The van der Waals surface area contributed by atoms with Crippen LogP contribution in [0, 0.1) is 0 Å². The van der Waals surface area contributed by atoms with E-state index in [1.165, 1.54) is 0 Å². The van der Waals surface area contributed by atoms with E-state index < -0.39 is 8.32 Å². The van der Waals surface area contributed by atoms with Gasteiger partial charge in [0, 0.05) is 4.47 Å². The largest absolute Gasteiger partial charge is 0.413 e. The molecule has 0 saturated carbocycles. The molecule has 0 spiro atoms. The van der Waals surface area contributed by atoms with Crippen molar-refractivity contribution in [1.82, 2.24) is 0 Å². The summed E-state index contributed by atoms with van der Waals surface area (Å²) in [6.45, 7) is 11.9. The zero-order valence-electron chi connectivity index (χ0n) is 11.9. The van der Waals surface area contributed by atoms with E-state index in [1.807, 2.05) is 18.2 Å². The van der Waals surface area contributed by atoms with Crippen molar-refractivity contribution >= 4 is 24.2 Å². The van der Waals surface area contributed by atoms with Gasteiger partial charge in [-0.25, -0.2) is 0 Å². The zero-order valence-corrected chi connectivity index (χ0v) is 14.5. The molecule has 0 saturated heterocycles. The number of rotatable bonds is 4. The number of aliphatic hydroxyl groups is 1. The van der Waals surface area contributed by atoms with Gasteiger partial charge in [-0.3, -0.25) is 0 Å². The van der Waals surface area contributed by atoms with Gasteiger partial charge in [0.15, 0.2) is 8.32 Å². The van der Waals surface area contributed by atoms with Crippen LogP contribution in [-0.2, 0) is 17.6 Å². The number of hydrogen-bond donors (Lipinski definition) is 1. The van der Waals surface area contributed by atoms with Crippen molar-refractivity contribution in [2.24, 2.45) is 0 Å². The second-order valence-electron chi connectivity index (χ2n) is 6.17. The molecule has 0 aliphatic heterocycles. The lowest BCUT2D eigenvalue weighted by Gasteiger charge is -2.36. The SMILES string of the molecule is CC(C)(C)[Si](C)(C)OCc1cc(Br)cc(CO)c1. The molecule has 0 heterocycles. The van der Waals surface area contributed by atoms with E-state index in [0.717, 1.165) is 15.6 Å². The number of halogens is 1. The molecule has 0 aromatic heterocycles. The number of benzene rings is 1. The topological polar surface area (TPSA) is 29.5 Å². The second-order valence-corrected chi connectivity index (χ2v) is 11.9. The van der Waals surface area contributed by atoms with E-state index in [2.05, 4.69) is 49.8 Å². The Labute approximate surface area is 120 Å². The summed E-state index contributed by atoms with van der Waals surface area (Å²) in [6, 6.07) is 5.97. The normalized spacial score (nSPS) is 12.8. The second kappa shape index (κ2) is 5.86. The summed E-state index contributed by atoms with van der Waals surface area (Å²) >= 11 is 3.46. The van der Waals surface area contributed by atoms with E-state index in [0.29, 0.717) is 6.61 Å². The van der Waals surface area contributed by atoms with Gasteiger partial charge in [-0.15, -0.1) is 0 Å². The van der Waals surface area contributed by atoms with E-state index in [-0.39, 0.29) is 11.6 Å². The third kappa shape index (κ3) is 4.19. The van der Waals surface area contributed by atoms with Gasteiger partial charge >= 0.3 is 0 Å². The van der Waals surface area contributed by atoms with Crippen LogP contribution in [0.2, 0.25) is 18.1 Å². The van der Waals surface area contributed by atoms with Gasteiger partial charge in [0.05, 0.1) is 13.2 Å². The molecule has 18 heavy (non-hydrogen) atoms. The molecule has 1 rings (SSSR count). The minimum absolute atomic E-state index is 0.0620. The summed E-state index contributed by atoms with van der Waals surface area (Å²) in [6.07, 6.45) is 0. The van der Waals surface area contributed by atoms with Crippen LogP contribution in [0.15, 0.2) is 22.7 Å². The predicted molar refractivity (Wildman–Crippen MR) is 82.1 cm³/mol. The highest BCUT2D eigenvalue weighted by atomic mass is 79.9. The van der Waals surface area contributed by atoms with Gasteiger partial charge in [0.2, 0.25) is 0 Å². The molecular weight excluding hydrogens is 308 g/mol. The minimum atomic E-state index is -1.71. The Morgan fingerprint density at radius 2 is 1.72 bits per heavy atom. The van der Waals surface area contributed by atoms with Gasteiger partial charge in [0.1, 0.15) is 0 Å². The molecule has 0 aliphatic carbocycles. The van der Waals surface area contributed by atoms with Crippen molar-refractivity contribution in [2.75, 3.05) is 0 Å². The summed E-state index contributed by atoms with van der Waals surface area (Å²) in [5.41, 5.74) is 2.02. The maximum atomic E-state index is 9.19. The van der Waals surface area contributed by atoms with Crippen molar-refractivity contribution in [1.29, 1.82) is 0 Å². The third-order valence-corrected chi connectivity index (χ3v) is 8.54. The van der Waals surface area contributed by atoms with Crippen molar-refractivity contribution in [3.63, 3.8) is 0 Å². The Morgan fingerprint density at radius 1 is 1.17 bits per heavy atom. The standard InChI is InChI=1S/C14H23BrO2Si/c1-14(2,3)18(4,5)17-10-12-6-11(9-16)7-13(15)8-12/h6-8,16H,9-10H2,1-5H3. The van der Waals surface area contributed by atoms with Gasteiger partial charge in [-0.1, -0.05) is 42.8 Å². The van der Waals surface area contributed by atoms with Gasteiger partial charge in [0.25, 0.3) is 0 Å². The Bertz CT molecular complexity index is 411. The number of hydrogen-bond acceptors (Lipinski definition) is 2. The summed E-state index contributed by atoms with van der Waals surface area (Å²) < 4.78 is 7.16. The van der Waals surface area contributed by atoms with Crippen molar-refractivity contribution < 1.29 is 9.53 Å². The Hall–Kier alpha value is -0.163. The van der Waals surface area contributed by atoms with Gasteiger partial charge < -0.3 is 9.53 Å². The molecule has 0 bridgehead atoms. The summed E-state index contributed by atoms with van der Waals surface area (Å²) in [7, 11) is -1.71. The van der Waals surface area contributed by atoms with Crippen LogP contribution in [0.5, 0.6) is 0 Å². The summed E-state index contributed by atoms with van der Waals surface area (Å²) in [4.78, 5) is 0. The quantitative estimate of drug-likeness (QED) is 0.825. The van der Waals surface area contributed by atoms with Crippen LogP contribution in [0.1, 0.15) is 31.9 Å². The Balaban J connectivity index is 2.78. The highest BCUT2D eigenvalue weighted by molar-refractivity contribution is 9.10. The van der Waals surface area contributed by atoms with Crippen LogP contribution >= 0.6 is 15.9 Å². The molecule has 0 aliphatic rings. The van der Waals surface area contributed by atoms with Crippen LogP contribution in [0.4, 0.5) is 0 Å². The van der Waals surface area contributed by atoms with E-state index in [1.54, 1.807) is 0 Å². The van der Waals surface area contributed by atoms with Crippen LogP contribution in [-0.4, -0.2) is 13.4 Å². The minimum Gasteiger partial charge on any atom is -0.413 e. The lowest BCUT2D eigenvalue weighted by molar-refractivity contribution is 0.272. The lowest BCUT2D eigenvalue weighted by Crippen LogP contribution is -2.40. The third-order valence-electron chi connectivity index (χ3n) is 3.61. The summed E-state index contributed by atoms with van der Waals surface area (Å²) in [5, 5.41) is 9.41. The molecule has 1 N–H and O–H groups in total. The highest BCUT2D eigenvalue weighted by Gasteiger charge is 2.36. The first kappa shape index (κ1) is 15.9. The molecule has 4 heteroatoms. The molecule has 0 atom stereocenters. The van der Waals surface area contributed by atoms with Crippen LogP contribution < -0.4 is 0 Å². The molecule has 1 aromatic rings. The van der Waals surface area contributed by atoms with E-state index >= 15 is 0 Å². The van der Waals surface area contributed by atoms with Gasteiger partial charge in [-0.05, 0) is 41.4 Å². The fourth-order valence-electron chi connectivity index (χ4n) is 1.37. The zero-order chi connectivity index (χ0) is 14.0. The smallest absolute Gasteiger partial charge is 0.192 e. The Kier molecular flexibility index (Phi) is 5.18. The first-order valence-electron chi connectivity index (χ1n) is 6.19. The molecule has 2 nitrogen and oxygen atoms in total. The van der Waals surface area contributed by atoms with Gasteiger partial charge in [-0.2, -0.15) is 0 Å².